The first-order chi connectivity index (χ1) is 17.0. The molecule has 9 nitrogen and oxygen atoms in total. The summed E-state index contributed by atoms with van der Waals surface area (Å²) in [5, 5.41) is 11.0. The van der Waals surface area contributed by atoms with Gasteiger partial charge in [0.2, 0.25) is 0 Å². The van der Waals surface area contributed by atoms with Crippen molar-refractivity contribution in [3.8, 4) is 34.1 Å². The van der Waals surface area contributed by atoms with Crippen LogP contribution in [0.25, 0.3) is 34.0 Å². The van der Waals surface area contributed by atoms with Crippen molar-refractivity contribution in [1.29, 1.82) is 0 Å². The predicted molar refractivity (Wildman–Crippen MR) is 128 cm³/mol. The molecule has 0 saturated carbocycles. The number of ether oxygens (including phenoxy) is 2. The number of imidazole rings is 1. The number of nitrogens with one attached hydrogen (secondary N) is 1. The summed E-state index contributed by atoms with van der Waals surface area (Å²) >= 11 is 0. The molecule has 35 heavy (non-hydrogen) atoms. The van der Waals surface area contributed by atoms with E-state index in [1.54, 1.807) is 41.4 Å². The van der Waals surface area contributed by atoms with Gasteiger partial charge in [-0.25, -0.2) is 14.2 Å². The molecule has 5 aromatic rings. The second-order valence-electron chi connectivity index (χ2n) is 7.79. The number of carbonyl (C=O) groups is 1. The van der Waals surface area contributed by atoms with Gasteiger partial charge in [-0.3, -0.25) is 14.3 Å². The third-order valence-electron chi connectivity index (χ3n) is 5.62. The molecule has 3 aromatic heterocycles. The predicted octanol–water partition coefficient (Wildman–Crippen LogP) is 4.88. The minimum Gasteiger partial charge on any atom is -0.494 e. The standard InChI is InChI=1S/C25H21FN6O3/c1-15-10-17(24-30-28-14-32(24)19-8-9-20(26)22(11-19)34-2)13-31-21(12-27-23(15)31)16-4-6-18(7-5-16)29-25(33)35-3/h4-14H,1-3H3,(H,29,33). The maximum absolute atomic E-state index is 13.9. The molecule has 2 aromatic carbocycles. The van der Waals surface area contributed by atoms with Gasteiger partial charge in [-0.05, 0) is 42.8 Å². The molecule has 0 radical (unpaired) electrons. The Labute approximate surface area is 199 Å². The lowest BCUT2D eigenvalue weighted by Gasteiger charge is -2.11. The second-order valence-corrected chi connectivity index (χ2v) is 7.79. The number of carbonyl (C=O) groups excluding carboxylic acids is 1. The van der Waals surface area contributed by atoms with E-state index in [2.05, 4.69) is 25.2 Å². The molecule has 0 aliphatic carbocycles. The van der Waals surface area contributed by atoms with Crippen LogP contribution in [0.15, 0.2) is 67.3 Å². The topological polar surface area (TPSA) is 95.6 Å². The number of hydrogen-bond acceptors (Lipinski definition) is 6. The van der Waals surface area contributed by atoms with Crippen LogP contribution in [0.3, 0.4) is 0 Å². The number of methoxy groups -OCH3 is 2. The Bertz CT molecular complexity index is 1540. The van der Waals surface area contributed by atoms with Crippen LogP contribution < -0.4 is 10.1 Å². The van der Waals surface area contributed by atoms with Crippen molar-refractivity contribution in [2.45, 2.75) is 6.92 Å². The van der Waals surface area contributed by atoms with E-state index in [1.807, 2.05) is 35.7 Å². The number of halogens is 1. The highest BCUT2D eigenvalue weighted by Crippen LogP contribution is 2.29. The Hall–Kier alpha value is -4.73. The molecule has 0 aliphatic rings. The highest BCUT2D eigenvalue weighted by Gasteiger charge is 2.16. The van der Waals surface area contributed by atoms with E-state index in [9.17, 15) is 9.18 Å². The van der Waals surface area contributed by atoms with Crippen molar-refractivity contribution in [2.24, 2.45) is 0 Å². The average Bonchev–Trinajstić information content (AvgIpc) is 3.53. The lowest BCUT2D eigenvalue weighted by atomic mass is 10.1. The summed E-state index contributed by atoms with van der Waals surface area (Å²) in [6, 6.07) is 13.9. The zero-order valence-electron chi connectivity index (χ0n) is 19.2. The van der Waals surface area contributed by atoms with E-state index in [1.165, 1.54) is 20.3 Å². The third kappa shape index (κ3) is 4.05. The van der Waals surface area contributed by atoms with Gasteiger partial charge in [-0.15, -0.1) is 10.2 Å². The first-order valence-electron chi connectivity index (χ1n) is 10.7. The van der Waals surface area contributed by atoms with E-state index >= 15 is 0 Å². The second kappa shape index (κ2) is 8.90. The Morgan fingerprint density at radius 3 is 2.60 bits per heavy atom. The van der Waals surface area contributed by atoms with Gasteiger partial charge in [0.05, 0.1) is 31.8 Å². The third-order valence-corrected chi connectivity index (χ3v) is 5.62. The van der Waals surface area contributed by atoms with Gasteiger partial charge in [0.15, 0.2) is 17.4 Å². The summed E-state index contributed by atoms with van der Waals surface area (Å²) in [6.07, 6.45) is 4.77. The number of aryl methyl sites for hydroxylation is 1. The highest BCUT2D eigenvalue weighted by molar-refractivity contribution is 5.85. The summed E-state index contributed by atoms with van der Waals surface area (Å²) in [5.74, 6) is 0.274. The number of hydrogen-bond donors (Lipinski definition) is 1. The molecule has 0 spiro atoms. The van der Waals surface area contributed by atoms with Crippen LogP contribution in [0, 0.1) is 12.7 Å². The molecule has 10 heteroatoms. The van der Waals surface area contributed by atoms with Crippen LogP contribution in [0.1, 0.15) is 5.56 Å². The molecule has 5 rings (SSSR count). The van der Waals surface area contributed by atoms with E-state index in [4.69, 9.17) is 4.74 Å². The zero-order chi connectivity index (χ0) is 24.5. The molecule has 0 bridgehead atoms. The molecule has 0 aliphatic heterocycles. The van der Waals surface area contributed by atoms with Crippen LogP contribution in [0.2, 0.25) is 0 Å². The summed E-state index contributed by atoms with van der Waals surface area (Å²) in [5.41, 5.74) is 5.62. The number of rotatable bonds is 5. The first-order valence-corrected chi connectivity index (χ1v) is 10.7. The monoisotopic (exact) mass is 472 g/mol. The number of fused-ring (bicyclic) bond motifs is 1. The molecule has 0 atom stereocenters. The number of anilines is 1. The molecule has 1 amide bonds. The van der Waals surface area contributed by atoms with Gasteiger partial charge in [0.1, 0.15) is 12.0 Å². The molecule has 0 fully saturated rings. The molecule has 0 saturated heterocycles. The Morgan fingerprint density at radius 2 is 1.86 bits per heavy atom. The SMILES string of the molecule is COC(=O)Nc1ccc(-c2cnc3c(C)cc(-c4nncn4-c4ccc(F)c(OC)c4)cn23)cc1. The van der Waals surface area contributed by atoms with Crippen LogP contribution in [0.4, 0.5) is 14.9 Å². The molecule has 3 heterocycles. The van der Waals surface area contributed by atoms with Gasteiger partial charge in [0.25, 0.3) is 0 Å². The minimum atomic E-state index is -0.532. The lowest BCUT2D eigenvalue weighted by Crippen LogP contribution is -2.10. The van der Waals surface area contributed by atoms with Crippen molar-refractivity contribution in [1.82, 2.24) is 24.1 Å². The van der Waals surface area contributed by atoms with Crippen molar-refractivity contribution in [3.63, 3.8) is 0 Å². The van der Waals surface area contributed by atoms with Crippen LogP contribution >= 0.6 is 0 Å². The largest absolute Gasteiger partial charge is 0.494 e. The fraction of sp³-hybridized carbons (Fsp3) is 0.120. The van der Waals surface area contributed by atoms with Crippen molar-refractivity contribution in [2.75, 3.05) is 19.5 Å². The quantitative estimate of drug-likeness (QED) is 0.392. The Morgan fingerprint density at radius 1 is 1.06 bits per heavy atom. The van der Waals surface area contributed by atoms with Crippen molar-refractivity contribution in [3.05, 3.63) is 78.6 Å². The van der Waals surface area contributed by atoms with Crippen molar-refractivity contribution >= 4 is 17.4 Å². The number of nitrogens with zero attached hydrogens (tertiary/aromatic N) is 5. The first kappa shape index (κ1) is 22.1. The lowest BCUT2D eigenvalue weighted by molar-refractivity contribution is 0.187. The molecular weight excluding hydrogens is 451 g/mol. The maximum atomic E-state index is 13.9. The normalized spacial score (nSPS) is 11.0. The Kier molecular flexibility index (Phi) is 5.61. The van der Waals surface area contributed by atoms with Crippen LogP contribution in [-0.4, -0.2) is 44.5 Å². The smallest absolute Gasteiger partial charge is 0.411 e. The summed E-state index contributed by atoms with van der Waals surface area (Å²) in [6.45, 7) is 1.97. The molecule has 1 N–H and O–H groups in total. The number of benzene rings is 2. The summed E-state index contributed by atoms with van der Waals surface area (Å²) in [4.78, 5) is 16.0. The van der Waals surface area contributed by atoms with Gasteiger partial charge in [-0.1, -0.05) is 12.1 Å². The fourth-order valence-corrected chi connectivity index (χ4v) is 3.91. The summed E-state index contributed by atoms with van der Waals surface area (Å²) < 4.78 is 27.4. The minimum absolute atomic E-state index is 0.135. The average molecular weight is 472 g/mol. The maximum Gasteiger partial charge on any atom is 0.411 e. The van der Waals surface area contributed by atoms with Gasteiger partial charge >= 0.3 is 6.09 Å². The number of pyridine rings is 1. The molecule has 176 valence electrons. The van der Waals surface area contributed by atoms with Crippen LogP contribution in [0.5, 0.6) is 5.75 Å². The Balaban J connectivity index is 1.57. The van der Waals surface area contributed by atoms with E-state index in [-0.39, 0.29) is 5.75 Å². The zero-order valence-corrected chi connectivity index (χ0v) is 19.2. The van der Waals surface area contributed by atoms with E-state index in [0.29, 0.717) is 17.2 Å². The van der Waals surface area contributed by atoms with Gasteiger partial charge < -0.3 is 9.47 Å². The fourth-order valence-electron chi connectivity index (χ4n) is 3.91. The number of aromatic nitrogens is 5. The number of amides is 1. The highest BCUT2D eigenvalue weighted by atomic mass is 19.1. The van der Waals surface area contributed by atoms with Gasteiger partial charge in [0, 0.05) is 29.1 Å². The van der Waals surface area contributed by atoms with Crippen molar-refractivity contribution < 1.29 is 18.7 Å². The molecule has 0 unspecified atom stereocenters. The van der Waals surface area contributed by atoms with Gasteiger partial charge in [-0.2, -0.15) is 0 Å². The molecular formula is C25H21FN6O3. The summed E-state index contributed by atoms with van der Waals surface area (Å²) in [7, 11) is 2.74. The van der Waals surface area contributed by atoms with E-state index in [0.717, 1.165) is 28.0 Å². The van der Waals surface area contributed by atoms with E-state index < -0.39 is 11.9 Å². The van der Waals surface area contributed by atoms with Crippen LogP contribution in [-0.2, 0) is 4.74 Å².